The molecule has 1 heterocycles. The van der Waals surface area contributed by atoms with Crippen LogP contribution < -0.4 is 4.74 Å². The molecule has 1 aliphatic rings. The van der Waals surface area contributed by atoms with Crippen LogP contribution in [0.2, 0.25) is 0 Å². The summed E-state index contributed by atoms with van der Waals surface area (Å²) in [6.45, 7) is 0. The molecular weight excluding hydrogens is 268 g/mol. The van der Waals surface area contributed by atoms with Gasteiger partial charge in [0.1, 0.15) is 11.3 Å². The van der Waals surface area contributed by atoms with Gasteiger partial charge in [0.05, 0.1) is 17.1 Å². The number of rotatable bonds is 2. The number of methoxy groups -OCH3 is 1. The second-order valence-electron chi connectivity index (χ2n) is 4.25. The number of nitrogens with zero attached hydrogens (tertiary/aromatic N) is 2. The van der Waals surface area contributed by atoms with Crippen molar-refractivity contribution in [1.29, 1.82) is 0 Å². The molecular formula is C12H13BrN2O. The minimum atomic E-state index is 0.654. The second kappa shape index (κ2) is 3.48. The molecule has 3 nitrogen and oxygen atoms in total. The van der Waals surface area contributed by atoms with E-state index in [-0.39, 0.29) is 0 Å². The van der Waals surface area contributed by atoms with E-state index in [1.54, 1.807) is 7.11 Å². The topological polar surface area (TPSA) is 27.1 Å². The molecule has 0 unspecified atom stereocenters. The number of aryl methyl sites for hydroxylation is 1. The van der Waals surface area contributed by atoms with Crippen LogP contribution >= 0.6 is 15.9 Å². The van der Waals surface area contributed by atoms with Crippen molar-refractivity contribution in [2.45, 2.75) is 18.8 Å². The first kappa shape index (κ1) is 10.1. The summed E-state index contributed by atoms with van der Waals surface area (Å²) < 4.78 is 8.55. The summed E-state index contributed by atoms with van der Waals surface area (Å²) in [5.74, 6) is 2.67. The second-order valence-corrected chi connectivity index (χ2v) is 5.11. The van der Waals surface area contributed by atoms with E-state index in [1.807, 2.05) is 6.07 Å². The van der Waals surface area contributed by atoms with Gasteiger partial charge in [-0.25, -0.2) is 4.98 Å². The highest BCUT2D eigenvalue weighted by Crippen LogP contribution is 2.42. The average Bonchev–Trinajstić information content (AvgIpc) is 3.05. The van der Waals surface area contributed by atoms with Crippen LogP contribution in [0.3, 0.4) is 0 Å². The maximum atomic E-state index is 5.40. The number of ether oxygens (including phenoxy) is 1. The molecule has 0 radical (unpaired) electrons. The number of hydrogen-bond donors (Lipinski definition) is 0. The van der Waals surface area contributed by atoms with Crippen molar-refractivity contribution in [3.8, 4) is 5.75 Å². The maximum Gasteiger partial charge on any atom is 0.160 e. The summed E-state index contributed by atoms with van der Waals surface area (Å²) in [7, 11) is 3.77. The van der Waals surface area contributed by atoms with E-state index in [0.717, 1.165) is 21.3 Å². The van der Waals surface area contributed by atoms with Crippen LogP contribution in [0.5, 0.6) is 5.75 Å². The molecule has 84 valence electrons. The molecule has 0 atom stereocenters. The summed E-state index contributed by atoms with van der Waals surface area (Å²) in [6, 6.07) is 4.10. The maximum absolute atomic E-state index is 5.40. The number of halogens is 1. The zero-order chi connectivity index (χ0) is 11.3. The van der Waals surface area contributed by atoms with Gasteiger partial charge in [-0.1, -0.05) is 0 Å². The fourth-order valence-electron chi connectivity index (χ4n) is 2.13. The van der Waals surface area contributed by atoms with Crippen LogP contribution in [0.4, 0.5) is 0 Å². The summed E-state index contributed by atoms with van der Waals surface area (Å²) in [5, 5.41) is 0. The van der Waals surface area contributed by atoms with Crippen molar-refractivity contribution < 1.29 is 4.74 Å². The first-order chi connectivity index (χ1) is 7.72. The molecule has 1 fully saturated rings. The third-order valence-corrected chi connectivity index (χ3v) is 3.76. The van der Waals surface area contributed by atoms with Crippen LogP contribution in [-0.4, -0.2) is 16.7 Å². The Labute approximate surface area is 103 Å². The highest BCUT2D eigenvalue weighted by Gasteiger charge is 2.29. The zero-order valence-corrected chi connectivity index (χ0v) is 10.9. The normalized spacial score (nSPS) is 15.7. The van der Waals surface area contributed by atoms with Crippen LogP contribution in [0.1, 0.15) is 24.6 Å². The van der Waals surface area contributed by atoms with E-state index < -0.39 is 0 Å². The minimum absolute atomic E-state index is 0.654. The zero-order valence-electron chi connectivity index (χ0n) is 9.33. The molecule has 2 aromatic rings. The van der Waals surface area contributed by atoms with Gasteiger partial charge < -0.3 is 9.30 Å². The largest absolute Gasteiger partial charge is 0.493 e. The molecule has 0 N–H and O–H groups in total. The monoisotopic (exact) mass is 280 g/mol. The highest BCUT2D eigenvalue weighted by molar-refractivity contribution is 9.10. The van der Waals surface area contributed by atoms with Crippen molar-refractivity contribution in [3.05, 3.63) is 22.4 Å². The summed E-state index contributed by atoms with van der Waals surface area (Å²) >= 11 is 3.49. The van der Waals surface area contributed by atoms with Gasteiger partial charge in [-0.05, 0) is 40.9 Å². The Morgan fingerprint density at radius 2 is 2.19 bits per heavy atom. The van der Waals surface area contributed by atoms with Crippen LogP contribution in [0.15, 0.2) is 16.6 Å². The third-order valence-electron chi connectivity index (χ3n) is 3.14. The smallest absolute Gasteiger partial charge is 0.160 e. The summed E-state index contributed by atoms with van der Waals surface area (Å²) in [4.78, 5) is 4.71. The first-order valence-electron chi connectivity index (χ1n) is 5.41. The number of benzene rings is 1. The molecule has 0 aliphatic heterocycles. The average molecular weight is 281 g/mol. The fourth-order valence-corrected chi connectivity index (χ4v) is 2.61. The lowest BCUT2D eigenvalue weighted by atomic mass is 10.3. The Hall–Kier alpha value is -1.03. The summed E-state index contributed by atoms with van der Waals surface area (Å²) in [5.41, 5.74) is 2.10. The van der Waals surface area contributed by atoms with E-state index in [0.29, 0.717) is 5.92 Å². The Morgan fingerprint density at radius 1 is 1.44 bits per heavy atom. The van der Waals surface area contributed by atoms with Crippen molar-refractivity contribution in [3.63, 3.8) is 0 Å². The molecule has 1 aromatic carbocycles. The van der Waals surface area contributed by atoms with Gasteiger partial charge in [-0.3, -0.25) is 0 Å². The van der Waals surface area contributed by atoms with E-state index in [1.165, 1.54) is 18.7 Å². The predicted molar refractivity (Wildman–Crippen MR) is 66.9 cm³/mol. The molecule has 0 bridgehead atoms. The lowest BCUT2D eigenvalue weighted by molar-refractivity contribution is 0.416. The van der Waals surface area contributed by atoms with Gasteiger partial charge in [0, 0.05) is 13.0 Å². The Morgan fingerprint density at radius 3 is 2.81 bits per heavy atom. The summed E-state index contributed by atoms with van der Waals surface area (Å²) in [6.07, 6.45) is 2.53. The fraction of sp³-hybridized carbons (Fsp3) is 0.417. The molecule has 4 heteroatoms. The van der Waals surface area contributed by atoms with Crippen LogP contribution in [-0.2, 0) is 7.05 Å². The van der Waals surface area contributed by atoms with Gasteiger partial charge in [0.2, 0.25) is 0 Å². The molecule has 1 saturated carbocycles. The third kappa shape index (κ3) is 1.36. The lowest BCUT2D eigenvalue weighted by Gasteiger charge is -2.03. The van der Waals surface area contributed by atoms with E-state index >= 15 is 0 Å². The van der Waals surface area contributed by atoms with Gasteiger partial charge in [0.15, 0.2) is 5.75 Å². The molecule has 0 amide bonds. The van der Waals surface area contributed by atoms with E-state index in [4.69, 9.17) is 9.72 Å². The van der Waals surface area contributed by atoms with Gasteiger partial charge in [-0.15, -0.1) is 0 Å². The molecule has 16 heavy (non-hydrogen) atoms. The van der Waals surface area contributed by atoms with E-state index in [9.17, 15) is 0 Å². The van der Waals surface area contributed by atoms with Crippen molar-refractivity contribution in [2.75, 3.05) is 7.11 Å². The van der Waals surface area contributed by atoms with Crippen LogP contribution in [0.25, 0.3) is 11.0 Å². The number of imidazole rings is 1. The quantitative estimate of drug-likeness (QED) is 0.845. The Bertz CT molecular complexity index is 558. The number of hydrogen-bond acceptors (Lipinski definition) is 2. The number of fused-ring (bicyclic) bond motifs is 1. The molecule has 3 rings (SSSR count). The van der Waals surface area contributed by atoms with Gasteiger partial charge in [-0.2, -0.15) is 0 Å². The molecule has 1 aromatic heterocycles. The SMILES string of the molecule is COc1c(Br)ccc2c1nc(C1CC1)n2C. The predicted octanol–water partition coefficient (Wildman–Crippen LogP) is 3.22. The Kier molecular flexibility index (Phi) is 2.21. The van der Waals surface area contributed by atoms with Crippen molar-refractivity contribution in [1.82, 2.24) is 9.55 Å². The number of aromatic nitrogens is 2. The Balaban J connectivity index is 2.31. The standard InChI is InChI=1S/C12H13BrN2O/c1-15-9-6-5-8(13)11(16-2)10(9)14-12(15)7-3-4-7/h5-7H,3-4H2,1-2H3. The molecule has 0 spiro atoms. The van der Waals surface area contributed by atoms with Crippen LogP contribution in [0, 0.1) is 0 Å². The lowest BCUT2D eigenvalue weighted by Crippen LogP contribution is -1.94. The highest BCUT2D eigenvalue weighted by atomic mass is 79.9. The van der Waals surface area contributed by atoms with Crippen molar-refractivity contribution in [2.24, 2.45) is 7.05 Å². The molecule has 1 aliphatic carbocycles. The van der Waals surface area contributed by atoms with Crippen molar-refractivity contribution >= 4 is 27.0 Å². The van der Waals surface area contributed by atoms with E-state index in [2.05, 4.69) is 33.6 Å². The van der Waals surface area contributed by atoms with Gasteiger partial charge >= 0.3 is 0 Å². The molecule has 0 saturated heterocycles. The van der Waals surface area contributed by atoms with Gasteiger partial charge in [0.25, 0.3) is 0 Å². The first-order valence-corrected chi connectivity index (χ1v) is 6.20. The minimum Gasteiger partial charge on any atom is -0.493 e.